The largest absolute Gasteiger partial charge is 0.508 e. The van der Waals surface area contributed by atoms with Crippen molar-refractivity contribution in [3.05, 3.63) is 29.8 Å². The van der Waals surface area contributed by atoms with Crippen LogP contribution in [0.15, 0.2) is 24.3 Å². The minimum atomic E-state index is -1.18. The van der Waals surface area contributed by atoms with E-state index in [-0.39, 0.29) is 0 Å². The Morgan fingerprint density at radius 3 is 2.29 bits per heavy atom. The van der Waals surface area contributed by atoms with Crippen molar-refractivity contribution >= 4 is 8.07 Å². The van der Waals surface area contributed by atoms with Crippen LogP contribution in [0.3, 0.4) is 0 Å². The lowest BCUT2D eigenvalue weighted by atomic mass is 10.1. The van der Waals surface area contributed by atoms with Gasteiger partial charge in [-0.15, -0.1) is 11.5 Å². The van der Waals surface area contributed by atoms with Gasteiger partial charge >= 0.3 is 0 Å². The van der Waals surface area contributed by atoms with Crippen molar-refractivity contribution in [1.82, 2.24) is 0 Å². The molecule has 1 rings (SSSR count). The van der Waals surface area contributed by atoms with Crippen molar-refractivity contribution < 1.29 is 5.11 Å². The summed E-state index contributed by atoms with van der Waals surface area (Å²) >= 11 is 0. The maximum absolute atomic E-state index is 9.16. The quantitative estimate of drug-likeness (QED) is 0.484. The molecule has 0 saturated heterocycles. The summed E-state index contributed by atoms with van der Waals surface area (Å²) in [6.45, 7) is 6.82. The van der Waals surface area contributed by atoms with Gasteiger partial charge in [0.05, 0.1) is 0 Å². The number of phenols is 1. The first kappa shape index (κ1) is 13.9. The van der Waals surface area contributed by atoms with Crippen LogP contribution >= 0.6 is 0 Å². The van der Waals surface area contributed by atoms with Crippen molar-refractivity contribution in [1.29, 1.82) is 0 Å². The molecule has 0 aliphatic rings. The molecule has 0 atom stereocenters. The minimum absolute atomic E-state index is 0.342. The van der Waals surface area contributed by atoms with E-state index in [4.69, 9.17) is 5.11 Å². The Balaban J connectivity index is 2.20. The van der Waals surface area contributed by atoms with Crippen molar-refractivity contribution in [2.45, 2.75) is 45.3 Å². The molecule has 0 amide bonds. The maximum atomic E-state index is 9.16. The molecule has 0 aliphatic carbocycles. The Morgan fingerprint density at radius 2 is 1.71 bits per heavy atom. The first-order valence-corrected chi connectivity index (χ1v) is 9.75. The fourth-order valence-electron chi connectivity index (χ4n) is 1.53. The molecule has 92 valence electrons. The summed E-state index contributed by atoms with van der Waals surface area (Å²) in [5, 5.41) is 9.16. The van der Waals surface area contributed by atoms with Gasteiger partial charge in [-0.05, 0) is 37.0 Å². The molecule has 0 spiro atoms. The standard InChI is InChI=1S/C15H22OSi/c1-17(2,3)13-7-5-4-6-8-14-9-11-15(16)12-10-14/h9-12,16H,4-6,8H2,1-3H3. The number of aromatic hydroxyl groups is 1. The fourth-order valence-corrected chi connectivity index (χ4v) is 2.19. The third-order valence-corrected chi connectivity index (χ3v) is 3.34. The second kappa shape index (κ2) is 6.51. The molecule has 1 aromatic carbocycles. The van der Waals surface area contributed by atoms with Crippen LogP contribution in [-0.2, 0) is 6.42 Å². The van der Waals surface area contributed by atoms with Gasteiger partial charge in [-0.25, -0.2) is 0 Å². The van der Waals surface area contributed by atoms with Crippen molar-refractivity contribution in [3.63, 3.8) is 0 Å². The van der Waals surface area contributed by atoms with Crippen molar-refractivity contribution in [3.8, 4) is 17.2 Å². The van der Waals surface area contributed by atoms with Crippen LogP contribution in [0.4, 0.5) is 0 Å². The van der Waals surface area contributed by atoms with Gasteiger partial charge in [-0.1, -0.05) is 31.8 Å². The van der Waals surface area contributed by atoms with Gasteiger partial charge in [0, 0.05) is 6.42 Å². The van der Waals surface area contributed by atoms with Gasteiger partial charge in [0.1, 0.15) is 13.8 Å². The fraction of sp³-hybridized carbons (Fsp3) is 0.467. The van der Waals surface area contributed by atoms with E-state index >= 15 is 0 Å². The zero-order valence-electron chi connectivity index (χ0n) is 11.1. The molecule has 1 N–H and O–H groups in total. The highest BCUT2D eigenvalue weighted by Crippen LogP contribution is 2.12. The van der Waals surface area contributed by atoms with Gasteiger partial charge < -0.3 is 5.11 Å². The van der Waals surface area contributed by atoms with Crippen LogP contribution in [0.2, 0.25) is 19.6 Å². The average molecular weight is 246 g/mol. The van der Waals surface area contributed by atoms with Crippen LogP contribution in [-0.4, -0.2) is 13.2 Å². The lowest BCUT2D eigenvalue weighted by Crippen LogP contribution is -2.16. The average Bonchev–Trinajstić information content (AvgIpc) is 2.24. The molecule has 1 nitrogen and oxygen atoms in total. The van der Waals surface area contributed by atoms with E-state index in [1.807, 2.05) is 12.1 Å². The smallest absolute Gasteiger partial charge is 0.129 e. The predicted octanol–water partition coefficient (Wildman–Crippen LogP) is 3.99. The second-order valence-corrected chi connectivity index (χ2v) is 10.2. The summed E-state index contributed by atoms with van der Waals surface area (Å²) in [5.74, 6) is 3.63. The number of aryl methyl sites for hydroxylation is 1. The number of phenolic OH excluding ortho intramolecular Hbond substituents is 1. The second-order valence-electron chi connectivity index (χ2n) is 5.43. The summed E-state index contributed by atoms with van der Waals surface area (Å²) < 4.78 is 0. The molecule has 1 aromatic rings. The molecule has 0 saturated carbocycles. The van der Waals surface area contributed by atoms with Gasteiger partial charge in [0.2, 0.25) is 0 Å². The Morgan fingerprint density at radius 1 is 1.06 bits per heavy atom. The Kier molecular flexibility index (Phi) is 5.31. The van der Waals surface area contributed by atoms with Gasteiger partial charge in [0.25, 0.3) is 0 Å². The molecule has 0 aliphatic heterocycles. The van der Waals surface area contributed by atoms with E-state index in [2.05, 4.69) is 31.1 Å². The molecule has 0 bridgehead atoms. The predicted molar refractivity (Wildman–Crippen MR) is 76.8 cm³/mol. The molecular formula is C15H22OSi. The Labute approximate surface area is 106 Å². The number of hydrogen-bond acceptors (Lipinski definition) is 1. The van der Waals surface area contributed by atoms with Gasteiger partial charge in [0.15, 0.2) is 0 Å². The zero-order valence-corrected chi connectivity index (χ0v) is 12.1. The lowest BCUT2D eigenvalue weighted by molar-refractivity contribution is 0.475. The van der Waals surface area contributed by atoms with Gasteiger partial charge in [-0.2, -0.15) is 0 Å². The van der Waals surface area contributed by atoms with Crippen LogP contribution in [0.25, 0.3) is 0 Å². The molecule has 0 aromatic heterocycles. The molecule has 0 heterocycles. The van der Waals surface area contributed by atoms with Crippen molar-refractivity contribution in [2.75, 3.05) is 0 Å². The summed E-state index contributed by atoms with van der Waals surface area (Å²) in [7, 11) is -1.18. The molecular weight excluding hydrogens is 224 g/mol. The van der Waals surface area contributed by atoms with Crippen molar-refractivity contribution in [2.24, 2.45) is 0 Å². The van der Waals surface area contributed by atoms with E-state index in [9.17, 15) is 0 Å². The van der Waals surface area contributed by atoms with E-state index in [1.165, 1.54) is 18.4 Å². The lowest BCUT2D eigenvalue weighted by Gasteiger charge is -2.03. The summed E-state index contributed by atoms with van der Waals surface area (Å²) in [5.41, 5.74) is 4.68. The molecule has 0 fully saturated rings. The first-order chi connectivity index (χ1) is 7.97. The number of hydrogen-bond donors (Lipinski definition) is 1. The minimum Gasteiger partial charge on any atom is -0.508 e. The number of rotatable bonds is 4. The van der Waals surface area contributed by atoms with Crippen LogP contribution in [0, 0.1) is 11.5 Å². The summed E-state index contributed by atoms with van der Waals surface area (Å²) in [4.78, 5) is 0. The van der Waals surface area contributed by atoms with E-state index < -0.39 is 8.07 Å². The number of benzene rings is 1. The van der Waals surface area contributed by atoms with E-state index in [0.29, 0.717) is 5.75 Å². The monoisotopic (exact) mass is 246 g/mol. The van der Waals surface area contributed by atoms with E-state index in [1.54, 1.807) is 12.1 Å². The van der Waals surface area contributed by atoms with Crippen LogP contribution < -0.4 is 0 Å². The molecule has 0 unspecified atom stereocenters. The van der Waals surface area contributed by atoms with Crippen LogP contribution in [0.5, 0.6) is 5.75 Å². The summed E-state index contributed by atoms with van der Waals surface area (Å²) in [6.07, 6.45) is 4.43. The highest BCUT2D eigenvalue weighted by atomic mass is 28.3. The normalized spacial score (nSPS) is 10.8. The van der Waals surface area contributed by atoms with E-state index in [0.717, 1.165) is 12.8 Å². The highest BCUT2D eigenvalue weighted by Gasteiger charge is 2.06. The van der Waals surface area contributed by atoms with Gasteiger partial charge in [-0.3, -0.25) is 0 Å². The third-order valence-electron chi connectivity index (χ3n) is 2.42. The zero-order chi connectivity index (χ0) is 12.7. The Hall–Kier alpha value is -1.20. The molecule has 17 heavy (non-hydrogen) atoms. The third kappa shape index (κ3) is 6.86. The topological polar surface area (TPSA) is 20.2 Å². The maximum Gasteiger partial charge on any atom is 0.129 e. The SMILES string of the molecule is C[Si](C)(C)C#CCCCCc1ccc(O)cc1. The molecule has 2 heteroatoms. The molecule has 0 radical (unpaired) electrons. The highest BCUT2D eigenvalue weighted by molar-refractivity contribution is 6.83. The summed E-state index contributed by atoms with van der Waals surface area (Å²) in [6, 6.07) is 7.48. The first-order valence-electron chi connectivity index (χ1n) is 6.25. The number of unbranched alkanes of at least 4 members (excludes halogenated alkanes) is 2. The van der Waals surface area contributed by atoms with Crippen LogP contribution in [0.1, 0.15) is 24.8 Å². The Bertz CT molecular complexity index is 390.